The van der Waals surface area contributed by atoms with Crippen molar-refractivity contribution in [2.24, 2.45) is 0 Å². The van der Waals surface area contributed by atoms with Gasteiger partial charge in [-0.25, -0.2) is 4.39 Å². The molecule has 6 heteroatoms. The minimum absolute atomic E-state index is 0.168. The lowest BCUT2D eigenvalue weighted by Gasteiger charge is -2.07. The Morgan fingerprint density at radius 1 is 1.15 bits per heavy atom. The number of aromatic amines is 1. The van der Waals surface area contributed by atoms with Crippen LogP contribution in [0.1, 0.15) is 11.1 Å². The van der Waals surface area contributed by atoms with Gasteiger partial charge in [-0.1, -0.05) is 12.1 Å². The van der Waals surface area contributed by atoms with E-state index in [4.69, 9.17) is 4.74 Å². The lowest BCUT2D eigenvalue weighted by atomic mass is 10.1. The van der Waals surface area contributed by atoms with Crippen molar-refractivity contribution in [3.8, 4) is 5.75 Å². The molecule has 0 aliphatic rings. The monoisotopic (exact) mass is 354 g/mol. The smallest absolute Gasteiger partial charge is 0.251 e. The summed E-state index contributed by atoms with van der Waals surface area (Å²) in [5.41, 5.74) is 1.86. The van der Waals surface area contributed by atoms with Crippen LogP contribution in [0.25, 0.3) is 10.9 Å². The van der Waals surface area contributed by atoms with Gasteiger partial charge in [-0.2, -0.15) is 0 Å². The van der Waals surface area contributed by atoms with Crippen molar-refractivity contribution < 1.29 is 13.9 Å². The van der Waals surface area contributed by atoms with Crippen LogP contribution < -0.4 is 15.6 Å². The molecule has 0 unspecified atom stereocenters. The average Bonchev–Trinajstić information content (AvgIpc) is 2.63. The molecule has 134 valence electrons. The Balaban J connectivity index is 1.60. The number of halogens is 1. The topological polar surface area (TPSA) is 71.2 Å². The summed E-state index contributed by atoms with van der Waals surface area (Å²) in [6, 6.07) is 13.1. The molecule has 0 aliphatic carbocycles. The number of benzene rings is 2. The molecule has 0 saturated carbocycles. The van der Waals surface area contributed by atoms with E-state index in [2.05, 4.69) is 10.3 Å². The Kier molecular flexibility index (Phi) is 5.31. The van der Waals surface area contributed by atoms with E-state index in [1.807, 2.05) is 18.2 Å². The maximum Gasteiger partial charge on any atom is 0.251 e. The first-order valence-electron chi connectivity index (χ1n) is 8.26. The first-order chi connectivity index (χ1) is 12.5. The van der Waals surface area contributed by atoms with Gasteiger partial charge in [-0.05, 0) is 47.7 Å². The molecule has 0 saturated heterocycles. The molecular weight excluding hydrogens is 335 g/mol. The number of amides is 1. The molecule has 0 atom stereocenters. The highest BCUT2D eigenvalue weighted by molar-refractivity contribution is 5.80. The third-order valence-corrected chi connectivity index (χ3v) is 4.12. The van der Waals surface area contributed by atoms with Gasteiger partial charge in [-0.15, -0.1) is 0 Å². The quantitative estimate of drug-likeness (QED) is 0.715. The van der Waals surface area contributed by atoms with Crippen LogP contribution in [-0.4, -0.2) is 24.5 Å². The third-order valence-electron chi connectivity index (χ3n) is 4.12. The van der Waals surface area contributed by atoms with Crippen LogP contribution in [0.3, 0.4) is 0 Å². The summed E-state index contributed by atoms with van der Waals surface area (Å²) in [4.78, 5) is 27.0. The summed E-state index contributed by atoms with van der Waals surface area (Å²) < 4.78 is 18.0. The molecule has 5 nitrogen and oxygen atoms in total. The molecule has 26 heavy (non-hydrogen) atoms. The third kappa shape index (κ3) is 4.27. The molecule has 2 aromatic carbocycles. The maximum atomic E-state index is 12.9. The van der Waals surface area contributed by atoms with E-state index in [1.165, 1.54) is 12.1 Å². The number of carbonyl (C=O) groups is 1. The molecule has 0 aliphatic heterocycles. The minimum Gasteiger partial charge on any atom is -0.497 e. The SMILES string of the molecule is COc1ccc2cc(CCNC(=O)Cc3ccc(F)cc3)c(=O)[nH]c2c1. The van der Waals surface area contributed by atoms with Crippen LogP contribution >= 0.6 is 0 Å². The fourth-order valence-electron chi connectivity index (χ4n) is 2.72. The Morgan fingerprint density at radius 3 is 2.65 bits per heavy atom. The second-order valence-electron chi connectivity index (χ2n) is 5.98. The van der Waals surface area contributed by atoms with Crippen LogP contribution in [0.15, 0.2) is 53.3 Å². The Labute approximate surface area is 149 Å². The number of hydrogen-bond acceptors (Lipinski definition) is 3. The predicted molar refractivity (Wildman–Crippen MR) is 97.9 cm³/mol. The van der Waals surface area contributed by atoms with Crippen molar-refractivity contribution in [1.82, 2.24) is 10.3 Å². The zero-order valence-electron chi connectivity index (χ0n) is 14.3. The summed E-state index contributed by atoms with van der Waals surface area (Å²) in [7, 11) is 1.57. The number of methoxy groups -OCH3 is 1. The normalized spacial score (nSPS) is 10.7. The average molecular weight is 354 g/mol. The molecule has 3 rings (SSSR count). The number of fused-ring (bicyclic) bond motifs is 1. The van der Waals surface area contributed by atoms with Crippen LogP contribution in [0.5, 0.6) is 5.75 Å². The summed E-state index contributed by atoms with van der Waals surface area (Å²) in [5, 5.41) is 3.68. The van der Waals surface area contributed by atoms with Gasteiger partial charge in [0.05, 0.1) is 19.0 Å². The Hall–Kier alpha value is -3.15. The van der Waals surface area contributed by atoms with Gasteiger partial charge >= 0.3 is 0 Å². The zero-order valence-corrected chi connectivity index (χ0v) is 14.3. The van der Waals surface area contributed by atoms with Gasteiger partial charge in [0.1, 0.15) is 11.6 Å². The van der Waals surface area contributed by atoms with Crippen molar-refractivity contribution in [1.29, 1.82) is 0 Å². The molecule has 1 amide bonds. The Bertz CT molecular complexity index is 981. The summed E-state index contributed by atoms with van der Waals surface area (Å²) >= 11 is 0. The van der Waals surface area contributed by atoms with E-state index < -0.39 is 0 Å². The van der Waals surface area contributed by atoms with E-state index >= 15 is 0 Å². The largest absolute Gasteiger partial charge is 0.497 e. The highest BCUT2D eigenvalue weighted by atomic mass is 19.1. The van der Waals surface area contributed by atoms with E-state index in [1.54, 1.807) is 25.3 Å². The van der Waals surface area contributed by atoms with Gasteiger partial charge in [-0.3, -0.25) is 9.59 Å². The number of rotatable bonds is 6. The lowest BCUT2D eigenvalue weighted by molar-refractivity contribution is -0.120. The predicted octanol–water partition coefficient (Wildman–Crippen LogP) is 2.58. The lowest BCUT2D eigenvalue weighted by Crippen LogP contribution is -2.28. The number of ether oxygens (including phenoxy) is 1. The van der Waals surface area contributed by atoms with Crippen molar-refractivity contribution in [2.75, 3.05) is 13.7 Å². The molecule has 0 spiro atoms. The molecule has 0 bridgehead atoms. The van der Waals surface area contributed by atoms with Crippen molar-refractivity contribution in [3.63, 3.8) is 0 Å². The number of nitrogens with one attached hydrogen (secondary N) is 2. The first kappa shape index (κ1) is 17.7. The number of H-pyrrole nitrogens is 1. The van der Waals surface area contributed by atoms with E-state index in [0.717, 1.165) is 10.9 Å². The number of aromatic nitrogens is 1. The van der Waals surface area contributed by atoms with Crippen molar-refractivity contribution in [3.05, 3.63) is 75.8 Å². The van der Waals surface area contributed by atoms with Gasteiger partial charge in [0, 0.05) is 18.2 Å². The molecule has 0 radical (unpaired) electrons. The van der Waals surface area contributed by atoms with Crippen LogP contribution in [0.4, 0.5) is 4.39 Å². The second kappa shape index (κ2) is 7.82. The molecule has 1 heterocycles. The first-order valence-corrected chi connectivity index (χ1v) is 8.26. The summed E-state index contributed by atoms with van der Waals surface area (Å²) in [6.45, 7) is 0.352. The van der Waals surface area contributed by atoms with Gasteiger partial charge in [0.25, 0.3) is 5.56 Å². The molecule has 0 fully saturated rings. The molecular formula is C20H19FN2O3. The van der Waals surface area contributed by atoms with Gasteiger partial charge in [0.15, 0.2) is 0 Å². The fraction of sp³-hybridized carbons (Fsp3) is 0.200. The van der Waals surface area contributed by atoms with Crippen molar-refractivity contribution in [2.45, 2.75) is 12.8 Å². The minimum atomic E-state index is -0.331. The van der Waals surface area contributed by atoms with Crippen molar-refractivity contribution >= 4 is 16.8 Å². The van der Waals surface area contributed by atoms with Crippen LogP contribution in [0, 0.1) is 5.82 Å². The summed E-state index contributed by atoms with van der Waals surface area (Å²) in [6.07, 6.45) is 0.598. The van der Waals surface area contributed by atoms with Gasteiger partial charge in [0.2, 0.25) is 5.91 Å². The van der Waals surface area contributed by atoms with E-state index in [-0.39, 0.29) is 23.7 Å². The van der Waals surface area contributed by atoms with E-state index in [0.29, 0.717) is 29.8 Å². The van der Waals surface area contributed by atoms with Crippen LogP contribution in [0.2, 0.25) is 0 Å². The highest BCUT2D eigenvalue weighted by Crippen LogP contribution is 2.18. The standard InChI is InChI=1S/C20H19FN2O3/c1-26-17-7-4-14-11-15(20(25)23-18(14)12-17)8-9-22-19(24)10-13-2-5-16(21)6-3-13/h2-7,11-12H,8-10H2,1H3,(H,22,24)(H,23,25). The van der Waals surface area contributed by atoms with Crippen LogP contribution in [-0.2, 0) is 17.6 Å². The Morgan fingerprint density at radius 2 is 1.92 bits per heavy atom. The number of carbonyl (C=O) groups excluding carboxylic acids is 1. The van der Waals surface area contributed by atoms with Gasteiger partial charge < -0.3 is 15.0 Å². The molecule has 3 aromatic rings. The summed E-state index contributed by atoms with van der Waals surface area (Å²) in [5.74, 6) is 0.176. The number of hydrogen-bond donors (Lipinski definition) is 2. The fourth-order valence-corrected chi connectivity index (χ4v) is 2.72. The maximum absolute atomic E-state index is 12.9. The molecule has 2 N–H and O–H groups in total. The molecule has 1 aromatic heterocycles. The highest BCUT2D eigenvalue weighted by Gasteiger charge is 2.07. The second-order valence-corrected chi connectivity index (χ2v) is 5.98. The zero-order chi connectivity index (χ0) is 18.5. The number of pyridine rings is 1. The van der Waals surface area contributed by atoms with E-state index in [9.17, 15) is 14.0 Å².